The minimum Gasteiger partial charge on any atom is -0.507 e. The number of benzene rings is 3. The summed E-state index contributed by atoms with van der Waals surface area (Å²) in [6, 6.07) is 15.6. The van der Waals surface area contributed by atoms with E-state index in [0.29, 0.717) is 77.8 Å². The number of esters is 2. The van der Waals surface area contributed by atoms with Crippen LogP contribution < -0.4 is 10.1 Å². The first-order valence-electron chi connectivity index (χ1n) is 26.0. The average molecular weight is 942 g/mol. The molecule has 3 aliphatic carbocycles. The maximum absolute atomic E-state index is 15.6. The molecule has 8 atom stereocenters. The topological polar surface area (TPSA) is 183 Å². The Labute approximate surface area is 407 Å². The zero-order valence-electron chi connectivity index (χ0n) is 40.4. The molecule has 11 nitrogen and oxygen atoms in total. The number of fused-ring (bicyclic) bond motifs is 9. The monoisotopic (exact) mass is 942 g/mol. The van der Waals surface area contributed by atoms with Crippen molar-refractivity contribution >= 4 is 23.4 Å². The number of aromatic hydroxyl groups is 1. The fourth-order valence-electron chi connectivity index (χ4n) is 13.0. The van der Waals surface area contributed by atoms with Crippen molar-refractivity contribution in [1.82, 2.24) is 0 Å². The number of ether oxygens (including phenoxy) is 2. The van der Waals surface area contributed by atoms with E-state index in [1.54, 1.807) is 19.1 Å². The van der Waals surface area contributed by atoms with E-state index in [9.17, 15) is 35.1 Å². The fraction of sp³-hybridized carbons (Fsp3) is 0.569. The zero-order chi connectivity index (χ0) is 48.5. The Morgan fingerprint density at radius 3 is 2.41 bits per heavy atom. The number of phenols is 1. The summed E-state index contributed by atoms with van der Waals surface area (Å²) in [5, 5.41) is 63.1. The van der Waals surface area contributed by atoms with Crippen LogP contribution >= 0.6 is 0 Å². The number of aliphatic hydroxyl groups is 4. The lowest BCUT2D eigenvalue weighted by Crippen LogP contribution is -2.54. The number of carbonyl (C=O) groups excluding carboxylic acids is 3. The van der Waals surface area contributed by atoms with Gasteiger partial charge in [0.25, 0.3) is 0 Å². The highest BCUT2D eigenvalue weighted by molar-refractivity contribution is 5.89. The molecule has 0 aromatic heterocycles. The first-order valence-corrected chi connectivity index (χ1v) is 26.0. The molecule has 69 heavy (non-hydrogen) atoms. The summed E-state index contributed by atoms with van der Waals surface area (Å²) in [5.41, 5.74) is 3.34. The third kappa shape index (κ3) is 10.2. The molecule has 8 bridgehead atoms. The van der Waals surface area contributed by atoms with Gasteiger partial charge in [-0.3, -0.25) is 9.59 Å². The summed E-state index contributed by atoms with van der Waals surface area (Å²) in [6.07, 6.45) is 9.61. The van der Waals surface area contributed by atoms with Crippen molar-refractivity contribution < 1.29 is 49.4 Å². The van der Waals surface area contributed by atoms with Crippen LogP contribution in [0.3, 0.4) is 0 Å². The van der Waals surface area contributed by atoms with Crippen molar-refractivity contribution in [3.05, 3.63) is 99.1 Å². The second-order valence-electron chi connectivity index (χ2n) is 21.4. The smallest absolute Gasteiger partial charge is 0.334 e. The van der Waals surface area contributed by atoms with Gasteiger partial charge in [0.1, 0.15) is 29.0 Å². The summed E-state index contributed by atoms with van der Waals surface area (Å²) < 4.78 is 13.0. The molecule has 3 saturated carbocycles. The summed E-state index contributed by atoms with van der Waals surface area (Å²) >= 11 is 0. The predicted octanol–water partition coefficient (Wildman–Crippen LogP) is 9.02. The molecule has 6 N–H and O–H groups in total. The number of ketones is 1. The standard InChI is InChI=1S/C58H71NO10/c1-3-19-58(67)46-17-18-49(62)42(27-46)22-36-11-10-14-45(24-36)57(20-8-5-9-21-57)50(63)30-44-26-39(41-23-37(34-60)25-47(28-41)59-33-35(2)61)15-16-40-32-52(64)69-55-48(40)29-43(31-51(58)68-56(44)66)54(65)53(55)38-12-6-4-7-13-38/h10-11,14,23-25,28-30,35,38-40,42,46,50-51,59-61,63,65,67H,3-9,12-13,17-22,26-27,31-34H2,1-2H3. The Balaban J connectivity index is 1.30. The van der Waals surface area contributed by atoms with Crippen molar-refractivity contribution in [3.63, 3.8) is 0 Å². The van der Waals surface area contributed by atoms with Gasteiger partial charge < -0.3 is 40.3 Å². The molecule has 1 spiro atoms. The minimum absolute atomic E-state index is 0.0250. The molecule has 3 heterocycles. The largest absolute Gasteiger partial charge is 0.507 e. The van der Waals surface area contributed by atoms with Crippen LogP contribution in [0.25, 0.3) is 0 Å². The van der Waals surface area contributed by atoms with E-state index in [1.165, 1.54) is 0 Å². The number of hydrogen-bond donors (Lipinski definition) is 6. The maximum atomic E-state index is 15.6. The first kappa shape index (κ1) is 49.0. The van der Waals surface area contributed by atoms with Crippen LogP contribution in [0.1, 0.15) is 180 Å². The van der Waals surface area contributed by atoms with Crippen LogP contribution in [0.5, 0.6) is 11.5 Å². The lowest BCUT2D eigenvalue weighted by molar-refractivity contribution is -0.176. The van der Waals surface area contributed by atoms with Crippen molar-refractivity contribution in [2.24, 2.45) is 11.8 Å². The number of rotatable bonds is 8. The van der Waals surface area contributed by atoms with E-state index in [-0.39, 0.29) is 74.2 Å². The molecule has 9 rings (SSSR count). The summed E-state index contributed by atoms with van der Waals surface area (Å²) in [5.74, 6) is 3.98. The lowest BCUT2D eigenvalue weighted by Gasteiger charge is -2.45. The lowest BCUT2D eigenvalue weighted by atomic mass is 9.64. The van der Waals surface area contributed by atoms with Crippen molar-refractivity contribution in [2.45, 2.75) is 190 Å². The number of phenolic OH excluding ortho intramolecular Hbond substituents is 1. The summed E-state index contributed by atoms with van der Waals surface area (Å²) in [4.78, 5) is 43.3. The Kier molecular flexibility index (Phi) is 14.8. The Morgan fingerprint density at radius 2 is 1.65 bits per heavy atom. The van der Waals surface area contributed by atoms with E-state index in [4.69, 9.17) is 9.47 Å². The van der Waals surface area contributed by atoms with Gasteiger partial charge in [0.2, 0.25) is 0 Å². The summed E-state index contributed by atoms with van der Waals surface area (Å²) in [7, 11) is 0. The second kappa shape index (κ2) is 20.8. The first-order chi connectivity index (χ1) is 33.3. The predicted molar refractivity (Wildman–Crippen MR) is 263 cm³/mol. The molecule has 8 unspecified atom stereocenters. The molecule has 0 radical (unpaired) electrons. The van der Waals surface area contributed by atoms with E-state index < -0.39 is 59.0 Å². The van der Waals surface area contributed by atoms with Gasteiger partial charge in [0, 0.05) is 59.0 Å². The van der Waals surface area contributed by atoms with Crippen LogP contribution in [-0.2, 0) is 44.0 Å². The SMILES string of the molecule is CCCC1(O)C2CCC(=O)C(Cc3cccc(c3)C3(CCCCC3)C(O)C=C3CC(c4cc(CO)cc(NCC(C)O)c4)C#CC4CC(=O)Oc5c4cc(c(O)c5C4CCCCC4)CC1OC3=O)C2. The number of aliphatic hydroxyl groups excluding tert-OH is 3. The number of carbonyl (C=O) groups is 3. The molecule has 3 fully saturated rings. The molecule has 3 aromatic carbocycles. The normalized spacial score (nSPS) is 28.8. The number of nitrogens with one attached hydrogen (secondary N) is 1. The van der Waals surface area contributed by atoms with Crippen molar-refractivity contribution in [1.29, 1.82) is 0 Å². The third-order valence-electron chi connectivity index (χ3n) is 16.7. The number of Topliss-reactive ketones (excluding diaryl/α,β-unsaturated/α-hetero) is 1. The molecule has 3 aromatic rings. The van der Waals surface area contributed by atoms with Gasteiger partial charge in [-0.1, -0.05) is 94.0 Å². The molecule has 0 amide bonds. The molecular formula is C58H71NO10. The van der Waals surface area contributed by atoms with E-state index in [1.807, 2.05) is 31.2 Å². The Hall–Kier alpha value is -4.99. The van der Waals surface area contributed by atoms with Crippen LogP contribution in [-0.4, -0.2) is 73.7 Å². The van der Waals surface area contributed by atoms with E-state index in [0.717, 1.165) is 62.5 Å². The highest BCUT2D eigenvalue weighted by atomic mass is 16.6. The Bertz CT molecular complexity index is 2500. The zero-order valence-corrected chi connectivity index (χ0v) is 40.4. The highest BCUT2D eigenvalue weighted by Crippen LogP contribution is 2.52. The molecule has 6 aliphatic rings. The Morgan fingerprint density at radius 1 is 0.884 bits per heavy atom. The third-order valence-corrected chi connectivity index (χ3v) is 16.7. The van der Waals surface area contributed by atoms with Gasteiger partial charge >= 0.3 is 11.9 Å². The van der Waals surface area contributed by atoms with Gasteiger partial charge in [0.05, 0.1) is 31.2 Å². The minimum atomic E-state index is -1.63. The highest BCUT2D eigenvalue weighted by Gasteiger charge is 2.50. The summed E-state index contributed by atoms with van der Waals surface area (Å²) in [6.45, 7) is 3.62. The number of anilines is 1. The van der Waals surface area contributed by atoms with Crippen LogP contribution in [0.2, 0.25) is 0 Å². The maximum Gasteiger partial charge on any atom is 0.334 e. The quantitative estimate of drug-likeness (QED) is 0.0720. The van der Waals surface area contributed by atoms with Crippen LogP contribution in [0.4, 0.5) is 5.69 Å². The van der Waals surface area contributed by atoms with Gasteiger partial charge in [-0.15, -0.1) is 0 Å². The molecular weight excluding hydrogens is 871 g/mol. The second-order valence-corrected chi connectivity index (χ2v) is 21.4. The van der Waals surface area contributed by atoms with Crippen LogP contribution in [0, 0.1) is 23.7 Å². The van der Waals surface area contributed by atoms with Crippen molar-refractivity contribution in [2.75, 3.05) is 11.9 Å². The van der Waals surface area contributed by atoms with E-state index in [2.05, 4.69) is 35.4 Å². The molecule has 11 heteroatoms. The fourth-order valence-corrected chi connectivity index (χ4v) is 13.0. The molecule has 0 saturated heterocycles. The van der Waals surface area contributed by atoms with Crippen LogP contribution in [0.15, 0.2) is 60.2 Å². The average Bonchev–Trinajstić information content (AvgIpc) is 3.35. The van der Waals surface area contributed by atoms with E-state index >= 15 is 4.79 Å². The van der Waals surface area contributed by atoms with Gasteiger partial charge in [-0.05, 0) is 129 Å². The van der Waals surface area contributed by atoms with Gasteiger partial charge in [0.15, 0.2) is 0 Å². The number of hydrogen-bond acceptors (Lipinski definition) is 11. The molecule has 3 aliphatic heterocycles. The van der Waals surface area contributed by atoms with Gasteiger partial charge in [-0.25, -0.2) is 4.79 Å². The van der Waals surface area contributed by atoms with Gasteiger partial charge in [-0.2, -0.15) is 0 Å². The van der Waals surface area contributed by atoms with Crippen molar-refractivity contribution in [3.8, 4) is 23.3 Å². The molecule has 368 valence electrons.